The smallest absolute Gasteiger partial charge is 0.138 e. The highest BCUT2D eigenvalue weighted by atomic mass is 127. The van der Waals surface area contributed by atoms with Crippen molar-refractivity contribution in [2.75, 3.05) is 32.7 Å². The predicted octanol–water partition coefficient (Wildman–Crippen LogP) is 4.29. The maximum absolute atomic E-state index is 10.4. The van der Waals surface area contributed by atoms with E-state index in [4.69, 9.17) is 4.99 Å². The number of nitrogens with zero attached hydrogens (tertiary/aromatic N) is 3. The highest BCUT2D eigenvalue weighted by Crippen LogP contribution is 2.28. The molecule has 1 saturated heterocycles. The SMILES string of the molecule is Cc1ccc2c(c1)=IC(c1ccccc1O)=NC=2N1CCN(CC2=CC=CC=I2)CC1. The fourth-order valence-corrected chi connectivity index (χ4v) is 8.93. The number of aliphatic imine (C=N–C) groups is 1. The van der Waals surface area contributed by atoms with Gasteiger partial charge in [-0.25, -0.2) is 4.99 Å². The zero-order valence-corrected chi connectivity index (χ0v) is 21.7. The van der Waals surface area contributed by atoms with E-state index in [2.05, 4.69) is 57.2 Å². The normalized spacial score (nSPS) is 18.9. The Hall–Kier alpha value is -1.65. The second kappa shape index (κ2) is 9.46. The second-order valence-electron chi connectivity index (χ2n) is 7.82. The van der Waals surface area contributed by atoms with Gasteiger partial charge in [-0.3, -0.25) is 4.90 Å². The first-order valence-corrected chi connectivity index (χ1v) is 15.0. The van der Waals surface area contributed by atoms with Crippen LogP contribution in [0.1, 0.15) is 11.1 Å². The number of aryl methyl sites for hydroxylation is 1. The van der Waals surface area contributed by atoms with Crippen LogP contribution >= 0.6 is 41.5 Å². The van der Waals surface area contributed by atoms with Gasteiger partial charge < -0.3 is 10.0 Å². The van der Waals surface area contributed by atoms with E-state index in [1.165, 1.54) is 13.9 Å². The van der Waals surface area contributed by atoms with Gasteiger partial charge in [-0.2, -0.15) is 0 Å². The third-order valence-electron chi connectivity index (χ3n) is 5.60. The van der Waals surface area contributed by atoms with E-state index in [0.717, 1.165) is 47.8 Å². The van der Waals surface area contributed by atoms with Gasteiger partial charge in [0, 0.05) is 46.7 Å². The number of allylic oxidation sites excluding steroid dienone is 3. The molecule has 0 unspecified atom stereocenters. The molecular formula is C25H25I2N3O. The molecule has 1 fully saturated rings. The van der Waals surface area contributed by atoms with Crippen LogP contribution in [0.4, 0.5) is 0 Å². The van der Waals surface area contributed by atoms with E-state index < -0.39 is 20.7 Å². The van der Waals surface area contributed by atoms with Crippen molar-refractivity contribution in [2.24, 2.45) is 4.99 Å². The van der Waals surface area contributed by atoms with Crippen LogP contribution in [0.25, 0.3) is 5.82 Å². The maximum atomic E-state index is 10.4. The number of phenolic OH excluding ortho intramolecular Hbond substituents is 1. The summed E-state index contributed by atoms with van der Waals surface area (Å²) >= 11 is -0.366. The third-order valence-corrected chi connectivity index (χ3v) is 10.7. The number of piperazine rings is 1. The third kappa shape index (κ3) is 4.75. The first kappa shape index (κ1) is 21.2. The lowest BCUT2D eigenvalue weighted by Crippen LogP contribution is -2.46. The summed E-state index contributed by atoms with van der Waals surface area (Å²) in [7, 11) is 0. The molecule has 3 aliphatic rings. The first-order chi connectivity index (χ1) is 15.2. The van der Waals surface area contributed by atoms with Gasteiger partial charge in [0.05, 0.1) is 0 Å². The van der Waals surface area contributed by atoms with Gasteiger partial charge >= 0.3 is 0 Å². The number of benzene rings is 2. The Morgan fingerprint density at radius 3 is 2.65 bits per heavy atom. The molecule has 2 aromatic carbocycles. The zero-order valence-electron chi connectivity index (χ0n) is 17.4. The molecule has 6 heteroatoms. The number of rotatable bonds is 4. The predicted molar refractivity (Wildman–Crippen MR) is 147 cm³/mol. The molecular weight excluding hydrogens is 612 g/mol. The summed E-state index contributed by atoms with van der Waals surface area (Å²) in [4.78, 5) is 10.2. The Bertz CT molecular complexity index is 1250. The number of aromatic hydroxyl groups is 1. The van der Waals surface area contributed by atoms with Crippen molar-refractivity contribution in [3.8, 4) is 5.75 Å². The van der Waals surface area contributed by atoms with Gasteiger partial charge in [-0.05, 0) is 38.8 Å². The lowest BCUT2D eigenvalue weighted by atomic mass is 10.2. The van der Waals surface area contributed by atoms with E-state index in [9.17, 15) is 5.11 Å². The summed E-state index contributed by atoms with van der Waals surface area (Å²) in [6.07, 6.45) is 6.65. The lowest BCUT2D eigenvalue weighted by molar-refractivity contribution is 0.187. The molecule has 0 amide bonds. The Morgan fingerprint density at radius 1 is 1.03 bits per heavy atom. The highest BCUT2D eigenvalue weighted by molar-refractivity contribution is 14.2. The number of halogens is 2. The molecule has 1 N–H and O–H groups in total. The maximum Gasteiger partial charge on any atom is 0.138 e. The molecule has 160 valence electrons. The minimum Gasteiger partial charge on any atom is -0.507 e. The highest BCUT2D eigenvalue weighted by Gasteiger charge is 2.22. The quantitative estimate of drug-likeness (QED) is 0.509. The molecule has 3 heterocycles. The molecule has 0 aliphatic carbocycles. The summed E-state index contributed by atoms with van der Waals surface area (Å²) in [5, 5.41) is 11.7. The molecule has 5 rings (SSSR count). The van der Waals surface area contributed by atoms with Crippen LogP contribution in [-0.4, -0.2) is 55.4 Å². The van der Waals surface area contributed by atoms with Gasteiger partial charge in [0.1, 0.15) is 15.3 Å². The molecule has 4 nitrogen and oxygen atoms in total. The number of phenols is 1. The molecule has 0 atom stereocenters. The van der Waals surface area contributed by atoms with Crippen LogP contribution in [0, 0.1) is 10.1 Å². The first-order valence-electron chi connectivity index (χ1n) is 10.5. The number of fused-ring (bicyclic) bond motifs is 1. The van der Waals surface area contributed by atoms with E-state index in [1.807, 2.05) is 18.2 Å². The lowest BCUT2D eigenvalue weighted by Gasteiger charge is -2.36. The number of para-hydroxylation sites is 1. The van der Waals surface area contributed by atoms with Gasteiger partial charge in [-0.15, -0.1) is 0 Å². The molecule has 0 aromatic heterocycles. The number of hydrogen-bond acceptors (Lipinski definition) is 4. The van der Waals surface area contributed by atoms with E-state index in [-0.39, 0.29) is 20.7 Å². The van der Waals surface area contributed by atoms with Crippen molar-refractivity contribution >= 4 is 55.0 Å². The Labute approximate surface area is 202 Å². The Balaban J connectivity index is 1.45. The fourth-order valence-electron chi connectivity index (χ4n) is 3.92. The molecule has 0 radical (unpaired) electrons. The zero-order chi connectivity index (χ0) is 21.2. The summed E-state index contributed by atoms with van der Waals surface area (Å²) in [6.45, 7) is 7.36. The molecule has 2 aromatic rings. The van der Waals surface area contributed by atoms with Crippen molar-refractivity contribution in [2.45, 2.75) is 6.92 Å². The van der Waals surface area contributed by atoms with Crippen molar-refractivity contribution < 1.29 is 5.11 Å². The van der Waals surface area contributed by atoms with Crippen LogP contribution in [-0.2, 0) is 0 Å². The van der Waals surface area contributed by atoms with Crippen LogP contribution in [0.5, 0.6) is 5.75 Å². The van der Waals surface area contributed by atoms with Crippen molar-refractivity contribution in [3.05, 3.63) is 83.8 Å². The van der Waals surface area contributed by atoms with Crippen LogP contribution < -0.4 is 5.22 Å². The fraction of sp³-hybridized carbons (Fsp3) is 0.240. The average molecular weight is 637 g/mol. The van der Waals surface area contributed by atoms with Crippen molar-refractivity contribution in [1.29, 1.82) is 0 Å². The molecule has 3 aliphatic heterocycles. The van der Waals surface area contributed by atoms with Crippen LogP contribution in [0.15, 0.2) is 69.3 Å². The average Bonchev–Trinajstić information content (AvgIpc) is 2.80. The summed E-state index contributed by atoms with van der Waals surface area (Å²) in [5.74, 6) is 1.41. The largest absolute Gasteiger partial charge is 0.507 e. The van der Waals surface area contributed by atoms with Crippen molar-refractivity contribution in [3.63, 3.8) is 0 Å². The van der Waals surface area contributed by atoms with Crippen LogP contribution in [0.3, 0.4) is 0 Å². The van der Waals surface area contributed by atoms with E-state index in [0.29, 0.717) is 5.75 Å². The topological polar surface area (TPSA) is 39.1 Å². The Morgan fingerprint density at radius 2 is 1.87 bits per heavy atom. The summed E-state index contributed by atoms with van der Waals surface area (Å²) < 4.78 is 6.42. The molecule has 0 spiro atoms. The molecule has 0 bridgehead atoms. The Kier molecular flexibility index (Phi) is 6.47. The monoisotopic (exact) mass is 637 g/mol. The summed E-state index contributed by atoms with van der Waals surface area (Å²) in [5.41, 5.74) is 2.17. The van der Waals surface area contributed by atoms with Crippen molar-refractivity contribution in [1.82, 2.24) is 9.80 Å². The van der Waals surface area contributed by atoms with E-state index in [1.54, 1.807) is 9.65 Å². The van der Waals surface area contributed by atoms with Gasteiger partial charge in [0.15, 0.2) is 0 Å². The molecule has 0 saturated carbocycles. The van der Waals surface area contributed by atoms with E-state index >= 15 is 0 Å². The number of hydrogen-bond donors (Lipinski definition) is 1. The minimum atomic E-state index is -0.436. The minimum absolute atomic E-state index is 0.0706. The van der Waals surface area contributed by atoms with Crippen LogP contribution in [0.2, 0.25) is 0 Å². The van der Waals surface area contributed by atoms with Gasteiger partial charge in [0.2, 0.25) is 0 Å². The standard InChI is InChI=1S/C25H25I2N3O/c1-18-9-10-20-22(16-18)27-24(21-7-2-3-8-23(21)31)28-25(20)30-14-12-29(13-15-30)17-19-6-4-5-11-26-19/h2-11,16,31H,12-15,17H2,1H3. The summed E-state index contributed by atoms with van der Waals surface area (Å²) in [6, 6.07) is 14.4. The molecule has 31 heavy (non-hydrogen) atoms. The van der Waals surface area contributed by atoms with Gasteiger partial charge in [0.25, 0.3) is 0 Å². The second-order valence-corrected chi connectivity index (χ2v) is 13.3. The van der Waals surface area contributed by atoms with Gasteiger partial charge in [-0.1, -0.05) is 83.5 Å².